The van der Waals surface area contributed by atoms with Gasteiger partial charge in [0.2, 0.25) is 0 Å². The fraction of sp³-hybridized carbons (Fsp3) is 0.318. The van der Waals surface area contributed by atoms with Crippen molar-refractivity contribution in [2.45, 2.75) is 19.0 Å². The molecule has 8 heteroatoms. The summed E-state index contributed by atoms with van der Waals surface area (Å²) in [7, 11) is 1.62. The van der Waals surface area contributed by atoms with Crippen LogP contribution in [0.2, 0.25) is 0 Å². The molecule has 0 spiro atoms. The van der Waals surface area contributed by atoms with Gasteiger partial charge in [0.15, 0.2) is 5.65 Å². The van der Waals surface area contributed by atoms with Gasteiger partial charge in [0.25, 0.3) is 5.91 Å². The van der Waals surface area contributed by atoms with Crippen LogP contribution in [-0.4, -0.2) is 56.7 Å². The lowest BCUT2D eigenvalue weighted by atomic mass is 10.1. The van der Waals surface area contributed by atoms with Crippen molar-refractivity contribution >= 4 is 28.0 Å². The Kier molecular flexibility index (Phi) is 4.63. The van der Waals surface area contributed by atoms with E-state index in [1.165, 1.54) is 0 Å². The molecule has 8 nitrogen and oxygen atoms in total. The van der Waals surface area contributed by atoms with Crippen LogP contribution in [0.5, 0.6) is 0 Å². The van der Waals surface area contributed by atoms with Gasteiger partial charge in [0.1, 0.15) is 0 Å². The summed E-state index contributed by atoms with van der Waals surface area (Å²) < 4.78 is 8.61. The Hall–Kier alpha value is -3.39. The topological polar surface area (TPSA) is 85.1 Å². The van der Waals surface area contributed by atoms with E-state index in [0.717, 1.165) is 16.4 Å². The first-order valence-electron chi connectivity index (χ1n) is 10.1. The molecule has 0 bridgehead atoms. The third-order valence-electron chi connectivity index (χ3n) is 5.88. The van der Waals surface area contributed by atoms with E-state index in [1.54, 1.807) is 28.6 Å². The number of rotatable bonds is 5. The summed E-state index contributed by atoms with van der Waals surface area (Å²) in [6.45, 7) is 2.00. The largest absolute Gasteiger partial charge is 0.383 e. The Bertz CT molecular complexity index is 1280. The fourth-order valence-corrected chi connectivity index (χ4v) is 4.39. The molecule has 1 atom stereocenters. The van der Waals surface area contributed by atoms with Crippen molar-refractivity contribution in [3.63, 3.8) is 0 Å². The van der Waals surface area contributed by atoms with Gasteiger partial charge in [-0.05, 0) is 24.6 Å². The normalized spacial score (nSPS) is 16.7. The Morgan fingerprint density at radius 2 is 2.13 bits per heavy atom. The summed E-state index contributed by atoms with van der Waals surface area (Å²) in [5, 5.41) is 0.918. The summed E-state index contributed by atoms with van der Waals surface area (Å²) in [5.74, 6) is -0.0147. The highest BCUT2D eigenvalue weighted by Gasteiger charge is 2.32. The number of pyridine rings is 1. The molecule has 0 saturated carbocycles. The number of nitrogens with zero attached hydrogens (tertiary/aromatic N) is 4. The lowest BCUT2D eigenvalue weighted by molar-refractivity contribution is 0.0789. The average Bonchev–Trinajstić information content (AvgIpc) is 3.48. The minimum atomic E-state index is -0.104. The Morgan fingerprint density at radius 3 is 3.00 bits per heavy atom. The number of likely N-dealkylation sites (tertiary alicyclic amines) is 1. The molecular weight excluding hydrogens is 382 g/mol. The van der Waals surface area contributed by atoms with Crippen LogP contribution in [0.25, 0.3) is 22.1 Å². The zero-order valence-corrected chi connectivity index (χ0v) is 16.7. The van der Waals surface area contributed by atoms with Crippen LogP contribution >= 0.6 is 0 Å². The lowest BCUT2D eigenvalue weighted by Crippen LogP contribution is -2.32. The Morgan fingerprint density at radius 1 is 1.27 bits per heavy atom. The molecule has 1 aliphatic rings. The molecular formula is C22H23N5O3. The molecule has 3 aromatic heterocycles. The second-order valence-electron chi connectivity index (χ2n) is 7.58. The van der Waals surface area contributed by atoms with Crippen LogP contribution in [0.15, 0.2) is 53.6 Å². The average molecular weight is 405 g/mol. The lowest BCUT2D eigenvalue weighted by Gasteiger charge is -2.16. The van der Waals surface area contributed by atoms with Crippen LogP contribution in [0, 0.1) is 0 Å². The van der Waals surface area contributed by atoms with E-state index in [4.69, 9.17) is 4.74 Å². The van der Waals surface area contributed by atoms with Gasteiger partial charge in [-0.3, -0.25) is 13.9 Å². The van der Waals surface area contributed by atoms with Gasteiger partial charge in [0.05, 0.1) is 30.3 Å². The molecule has 5 rings (SSSR count). The Balaban J connectivity index is 1.46. The molecule has 1 saturated heterocycles. The van der Waals surface area contributed by atoms with Gasteiger partial charge in [-0.25, -0.2) is 9.78 Å². The number of para-hydroxylation sites is 1. The second-order valence-corrected chi connectivity index (χ2v) is 7.58. The van der Waals surface area contributed by atoms with Gasteiger partial charge in [0, 0.05) is 43.5 Å². The molecule has 4 heterocycles. The summed E-state index contributed by atoms with van der Waals surface area (Å²) in [5.41, 5.74) is 2.95. The number of benzene rings is 1. The highest BCUT2D eigenvalue weighted by Crippen LogP contribution is 2.27. The van der Waals surface area contributed by atoms with Crippen LogP contribution in [0.3, 0.4) is 0 Å². The second kappa shape index (κ2) is 7.46. The SMILES string of the molecule is COCCn1c(=O)n([C@@H]2CCN(C(=O)c3c[nH]c4ccccc34)C2)c2ncccc21. The maximum atomic E-state index is 13.2. The van der Waals surface area contributed by atoms with E-state index >= 15 is 0 Å². The van der Waals surface area contributed by atoms with Gasteiger partial charge in [-0.2, -0.15) is 0 Å². The number of methoxy groups -OCH3 is 1. The number of H-pyrrole nitrogens is 1. The summed E-state index contributed by atoms with van der Waals surface area (Å²) in [6, 6.07) is 11.4. The first-order chi connectivity index (χ1) is 14.7. The predicted molar refractivity (Wildman–Crippen MR) is 114 cm³/mol. The monoisotopic (exact) mass is 405 g/mol. The van der Waals surface area contributed by atoms with Crippen molar-refractivity contribution in [3.8, 4) is 0 Å². The van der Waals surface area contributed by atoms with Crippen molar-refractivity contribution in [2.24, 2.45) is 0 Å². The number of hydrogen-bond donors (Lipinski definition) is 1. The maximum absolute atomic E-state index is 13.2. The van der Waals surface area contributed by atoms with Crippen LogP contribution in [-0.2, 0) is 11.3 Å². The molecule has 1 fully saturated rings. The van der Waals surface area contributed by atoms with Gasteiger partial charge in [-0.15, -0.1) is 0 Å². The van der Waals surface area contributed by atoms with Crippen LogP contribution < -0.4 is 5.69 Å². The fourth-order valence-electron chi connectivity index (χ4n) is 4.39. The van der Waals surface area contributed by atoms with Crippen molar-refractivity contribution < 1.29 is 9.53 Å². The van der Waals surface area contributed by atoms with E-state index in [-0.39, 0.29) is 17.6 Å². The number of aromatic nitrogens is 4. The Labute approximate surface area is 172 Å². The smallest absolute Gasteiger partial charge is 0.330 e. The highest BCUT2D eigenvalue weighted by molar-refractivity contribution is 6.06. The predicted octanol–water partition coefficient (Wildman–Crippen LogP) is 2.41. The van der Waals surface area contributed by atoms with Gasteiger partial charge >= 0.3 is 5.69 Å². The molecule has 0 aliphatic carbocycles. The third kappa shape index (κ3) is 2.91. The van der Waals surface area contributed by atoms with E-state index in [0.29, 0.717) is 43.9 Å². The molecule has 1 aromatic carbocycles. The highest BCUT2D eigenvalue weighted by atomic mass is 16.5. The zero-order valence-electron chi connectivity index (χ0n) is 16.7. The van der Waals surface area contributed by atoms with Gasteiger partial charge < -0.3 is 14.6 Å². The number of carbonyl (C=O) groups excluding carboxylic acids is 1. The number of fused-ring (bicyclic) bond motifs is 2. The van der Waals surface area contributed by atoms with Crippen molar-refractivity contribution in [3.05, 3.63) is 64.8 Å². The summed E-state index contributed by atoms with van der Waals surface area (Å²) in [4.78, 5) is 35.8. The van der Waals surface area contributed by atoms with E-state index in [1.807, 2.05) is 41.3 Å². The number of carbonyl (C=O) groups is 1. The molecule has 4 aromatic rings. The number of ether oxygens (including phenoxy) is 1. The van der Waals surface area contributed by atoms with Gasteiger partial charge in [-0.1, -0.05) is 18.2 Å². The number of imidazole rings is 1. The van der Waals surface area contributed by atoms with E-state index < -0.39 is 0 Å². The first-order valence-corrected chi connectivity index (χ1v) is 10.1. The zero-order chi connectivity index (χ0) is 20.7. The quantitative estimate of drug-likeness (QED) is 0.553. The number of amides is 1. The molecule has 1 amide bonds. The number of nitrogens with one attached hydrogen (secondary N) is 1. The summed E-state index contributed by atoms with van der Waals surface area (Å²) >= 11 is 0. The molecule has 154 valence electrons. The first kappa shape index (κ1) is 18.6. The minimum Gasteiger partial charge on any atom is -0.383 e. The number of aromatic amines is 1. The van der Waals surface area contributed by atoms with E-state index in [2.05, 4.69) is 9.97 Å². The minimum absolute atomic E-state index is 0.0147. The molecule has 1 aliphatic heterocycles. The molecule has 1 N–H and O–H groups in total. The maximum Gasteiger partial charge on any atom is 0.330 e. The third-order valence-corrected chi connectivity index (χ3v) is 5.88. The summed E-state index contributed by atoms with van der Waals surface area (Å²) in [6.07, 6.45) is 4.18. The van der Waals surface area contributed by atoms with Crippen molar-refractivity contribution in [1.82, 2.24) is 24.0 Å². The van der Waals surface area contributed by atoms with Crippen LogP contribution in [0.1, 0.15) is 22.8 Å². The number of hydrogen-bond acceptors (Lipinski definition) is 4. The molecule has 0 radical (unpaired) electrons. The van der Waals surface area contributed by atoms with Crippen molar-refractivity contribution in [2.75, 3.05) is 26.8 Å². The standard InChI is InChI=1S/C22H23N5O3/c1-30-12-11-26-19-7-4-9-23-20(19)27(22(26)29)15-8-10-25(14-15)21(28)17-13-24-18-6-3-2-5-16(17)18/h2-7,9,13,15,24H,8,10-12,14H2,1H3/t15-/m1/s1. The van der Waals surface area contributed by atoms with Crippen molar-refractivity contribution in [1.29, 1.82) is 0 Å². The van der Waals surface area contributed by atoms with E-state index in [9.17, 15) is 9.59 Å². The molecule has 30 heavy (non-hydrogen) atoms. The molecule has 0 unspecified atom stereocenters. The van der Waals surface area contributed by atoms with Crippen LogP contribution in [0.4, 0.5) is 0 Å².